The largest absolute Gasteiger partial charge is 0.499 e. The highest BCUT2D eigenvalue weighted by molar-refractivity contribution is 7.47. The molecule has 1 atom stereocenters. The van der Waals surface area contributed by atoms with Crippen LogP contribution in [0.15, 0.2) is 0 Å². The molecule has 0 aromatic carbocycles. The van der Waals surface area contributed by atoms with Gasteiger partial charge in [-0.2, -0.15) is 0 Å². The maximum Gasteiger partial charge on any atom is 0.499 e. The molecule has 0 fully saturated rings. The first kappa shape index (κ1) is 31.9. The van der Waals surface area contributed by atoms with E-state index in [1.807, 2.05) is 6.92 Å². The molecule has 8 nitrogen and oxygen atoms in total. The Kier molecular flexibility index (Phi) is 25.5. The van der Waals surface area contributed by atoms with Crippen molar-refractivity contribution in [3.63, 3.8) is 0 Å². The zero-order valence-electron chi connectivity index (χ0n) is 20.6. The first-order chi connectivity index (χ1) is 15.6. The summed E-state index contributed by atoms with van der Waals surface area (Å²) in [6.07, 6.45) is 16.4. The fraction of sp³-hybridized carbons (Fsp3) is 1.00. The van der Waals surface area contributed by atoms with Crippen LogP contribution in [0.1, 0.15) is 97.3 Å². The molecule has 0 saturated heterocycles. The number of phosphoric ester groups is 1. The molecule has 32 heavy (non-hydrogen) atoms. The Balaban J connectivity index is 3.28. The molecule has 0 aliphatic rings. The van der Waals surface area contributed by atoms with Gasteiger partial charge < -0.3 is 19.1 Å². The molecule has 0 amide bonds. The number of rotatable bonds is 27. The Labute approximate surface area is 196 Å². The lowest BCUT2D eigenvalue weighted by Gasteiger charge is -2.11. The van der Waals surface area contributed by atoms with Crippen molar-refractivity contribution in [2.45, 2.75) is 97.3 Å². The first-order valence-corrected chi connectivity index (χ1v) is 14.1. The van der Waals surface area contributed by atoms with E-state index in [9.17, 15) is 9.46 Å². The van der Waals surface area contributed by atoms with Gasteiger partial charge in [-0.3, -0.25) is 4.52 Å². The minimum Gasteiger partial charge on any atom is -0.379 e. The van der Waals surface area contributed by atoms with E-state index in [-0.39, 0.29) is 19.8 Å². The Bertz CT molecular complexity index is 411. The molecule has 0 aliphatic carbocycles. The van der Waals surface area contributed by atoms with Gasteiger partial charge in [-0.15, -0.1) is 4.67 Å². The second-order valence-corrected chi connectivity index (χ2v) is 9.21. The summed E-state index contributed by atoms with van der Waals surface area (Å²) in [5.41, 5.74) is 0. The van der Waals surface area contributed by atoms with Crippen LogP contribution >= 0.6 is 7.82 Å². The van der Waals surface area contributed by atoms with Gasteiger partial charge in [0.2, 0.25) is 0 Å². The van der Waals surface area contributed by atoms with Crippen LogP contribution in [0.5, 0.6) is 0 Å². The van der Waals surface area contributed by atoms with E-state index in [0.29, 0.717) is 33.0 Å². The lowest BCUT2D eigenvalue weighted by molar-refractivity contribution is -0.225. The molecule has 0 aromatic rings. The van der Waals surface area contributed by atoms with E-state index in [2.05, 4.69) is 11.6 Å². The number of hydrogen-bond acceptors (Lipinski definition) is 7. The van der Waals surface area contributed by atoms with Crippen LogP contribution < -0.4 is 0 Å². The third-order valence-corrected chi connectivity index (χ3v) is 5.71. The molecule has 0 saturated carbocycles. The highest BCUT2D eigenvalue weighted by Gasteiger charge is 2.22. The van der Waals surface area contributed by atoms with Crippen LogP contribution in [0.2, 0.25) is 0 Å². The van der Waals surface area contributed by atoms with Gasteiger partial charge in [-0.05, 0) is 13.3 Å². The van der Waals surface area contributed by atoms with Crippen molar-refractivity contribution >= 4 is 7.82 Å². The van der Waals surface area contributed by atoms with Gasteiger partial charge in [-0.1, -0.05) is 84.0 Å². The van der Waals surface area contributed by atoms with E-state index in [1.165, 1.54) is 64.2 Å². The molecular formula is C23H49O8P. The Morgan fingerprint density at radius 2 is 1.00 bits per heavy atom. The second kappa shape index (κ2) is 25.6. The van der Waals surface area contributed by atoms with Gasteiger partial charge in [0.25, 0.3) is 0 Å². The van der Waals surface area contributed by atoms with Crippen LogP contribution in [0.4, 0.5) is 0 Å². The quantitative estimate of drug-likeness (QED) is 0.0636. The summed E-state index contributed by atoms with van der Waals surface area (Å²) >= 11 is 0. The van der Waals surface area contributed by atoms with Gasteiger partial charge in [0.15, 0.2) is 0 Å². The number of ether oxygens (including phenoxy) is 3. The third-order valence-electron chi connectivity index (χ3n) is 4.91. The van der Waals surface area contributed by atoms with Crippen LogP contribution in [-0.4, -0.2) is 57.7 Å². The predicted octanol–water partition coefficient (Wildman–Crippen LogP) is 6.21. The van der Waals surface area contributed by atoms with Crippen molar-refractivity contribution in [1.82, 2.24) is 0 Å². The SMILES string of the molecule is CCCCCCCCCCCCCCCOOP(=O)(O)OCCOCCOCCOCC. The Morgan fingerprint density at radius 1 is 0.562 bits per heavy atom. The minimum atomic E-state index is -4.20. The van der Waals surface area contributed by atoms with Crippen molar-refractivity contribution in [3.8, 4) is 0 Å². The molecule has 0 radical (unpaired) electrons. The number of hydrogen-bond donors (Lipinski definition) is 1. The molecule has 0 aromatic heterocycles. The summed E-state index contributed by atoms with van der Waals surface area (Å²) in [6, 6.07) is 0. The van der Waals surface area contributed by atoms with Gasteiger partial charge in [0.1, 0.15) is 0 Å². The number of unbranched alkanes of at least 4 members (excludes halogenated alkanes) is 12. The molecule has 9 heteroatoms. The maximum atomic E-state index is 11.7. The molecule has 1 unspecified atom stereocenters. The van der Waals surface area contributed by atoms with Crippen LogP contribution in [0, 0.1) is 0 Å². The Morgan fingerprint density at radius 3 is 1.50 bits per heavy atom. The fourth-order valence-corrected chi connectivity index (χ4v) is 3.66. The summed E-state index contributed by atoms with van der Waals surface area (Å²) < 4.78 is 36.6. The van der Waals surface area contributed by atoms with Crippen LogP contribution in [0.25, 0.3) is 0 Å². The monoisotopic (exact) mass is 484 g/mol. The van der Waals surface area contributed by atoms with Crippen molar-refractivity contribution in [2.75, 3.05) is 52.9 Å². The molecule has 0 rings (SSSR count). The molecule has 0 bridgehead atoms. The normalized spacial score (nSPS) is 13.5. The molecule has 0 heterocycles. The van der Waals surface area contributed by atoms with Crippen LogP contribution in [0.3, 0.4) is 0 Å². The van der Waals surface area contributed by atoms with Crippen molar-refractivity contribution < 1.29 is 37.8 Å². The van der Waals surface area contributed by atoms with Gasteiger partial charge in [0, 0.05) is 6.61 Å². The predicted molar refractivity (Wildman–Crippen MR) is 127 cm³/mol. The Hall–Kier alpha value is -0.0500. The smallest absolute Gasteiger partial charge is 0.379 e. The van der Waals surface area contributed by atoms with E-state index < -0.39 is 7.82 Å². The molecule has 1 N–H and O–H groups in total. The van der Waals surface area contributed by atoms with E-state index >= 15 is 0 Å². The van der Waals surface area contributed by atoms with Crippen molar-refractivity contribution in [1.29, 1.82) is 0 Å². The minimum absolute atomic E-state index is 0.0607. The summed E-state index contributed by atoms with van der Waals surface area (Å²) in [5.74, 6) is 0. The first-order valence-electron chi connectivity index (χ1n) is 12.6. The standard InChI is InChI=1S/C23H49O8P/c1-3-5-6-7-8-9-10-11-12-13-14-15-16-17-29-31-32(24,25)30-23-22-28-21-20-27-19-18-26-4-2/h3-23H2,1-2H3,(H,24,25). The average molecular weight is 485 g/mol. The zero-order chi connectivity index (χ0) is 23.6. The zero-order valence-corrected chi connectivity index (χ0v) is 21.5. The topological polar surface area (TPSA) is 92.7 Å². The summed E-state index contributed by atoms with van der Waals surface area (Å²) in [7, 11) is -4.20. The van der Waals surface area contributed by atoms with Crippen molar-refractivity contribution in [2.24, 2.45) is 0 Å². The van der Waals surface area contributed by atoms with Gasteiger partial charge in [0.05, 0.1) is 46.2 Å². The van der Waals surface area contributed by atoms with E-state index in [4.69, 9.17) is 23.6 Å². The lowest BCUT2D eigenvalue weighted by atomic mass is 10.0. The summed E-state index contributed by atoms with van der Waals surface area (Å²) in [6.45, 7) is 7.12. The highest BCUT2D eigenvalue weighted by Crippen LogP contribution is 2.43. The van der Waals surface area contributed by atoms with Gasteiger partial charge >= 0.3 is 7.82 Å². The highest BCUT2D eigenvalue weighted by atomic mass is 31.2. The maximum absolute atomic E-state index is 11.7. The molecule has 0 aliphatic heterocycles. The molecule has 194 valence electrons. The summed E-state index contributed by atoms with van der Waals surface area (Å²) in [4.78, 5) is 14.4. The lowest BCUT2D eigenvalue weighted by Crippen LogP contribution is -2.11. The third kappa shape index (κ3) is 26.2. The van der Waals surface area contributed by atoms with Crippen molar-refractivity contribution in [3.05, 3.63) is 0 Å². The molecular weight excluding hydrogens is 435 g/mol. The van der Waals surface area contributed by atoms with Crippen LogP contribution in [-0.2, 0) is 32.9 Å². The fourth-order valence-electron chi connectivity index (χ4n) is 3.10. The number of phosphoric acid groups is 1. The second-order valence-electron chi connectivity index (χ2n) is 7.86. The average Bonchev–Trinajstić information content (AvgIpc) is 2.77. The van der Waals surface area contributed by atoms with E-state index in [1.54, 1.807) is 0 Å². The summed E-state index contributed by atoms with van der Waals surface area (Å²) in [5, 5.41) is 0. The molecule has 0 spiro atoms. The van der Waals surface area contributed by atoms with Gasteiger partial charge in [-0.25, -0.2) is 9.45 Å². The van der Waals surface area contributed by atoms with E-state index in [0.717, 1.165) is 19.3 Å².